The van der Waals surface area contributed by atoms with Gasteiger partial charge < -0.3 is 10.6 Å². The minimum atomic E-state index is -0.00810. The van der Waals surface area contributed by atoms with Gasteiger partial charge in [0.05, 0.1) is 11.9 Å². The molecule has 0 saturated heterocycles. The van der Waals surface area contributed by atoms with Gasteiger partial charge in [-0.05, 0) is 19.8 Å². The summed E-state index contributed by atoms with van der Waals surface area (Å²) in [6.07, 6.45) is 3.73. The third kappa shape index (κ3) is 3.49. The zero-order valence-corrected chi connectivity index (χ0v) is 12.5. The first-order chi connectivity index (χ1) is 9.08. The van der Waals surface area contributed by atoms with E-state index in [-0.39, 0.29) is 5.91 Å². The first-order valence-electron chi connectivity index (χ1n) is 7.19. The van der Waals surface area contributed by atoms with Gasteiger partial charge in [0.25, 0.3) is 5.91 Å². The molecule has 0 spiro atoms. The summed E-state index contributed by atoms with van der Waals surface area (Å²) in [4.78, 5) is 14.5. The number of nitrogen functional groups attached to an aromatic ring is 1. The Hall–Kier alpha value is -1.52. The van der Waals surface area contributed by atoms with Crippen molar-refractivity contribution in [3.05, 3.63) is 11.9 Å². The highest BCUT2D eigenvalue weighted by Gasteiger charge is 2.23. The SMILES string of the molecule is CCC(CC)CN(CC)C(=O)c1c(N)cnn1CC. The number of nitrogens with zero attached hydrogens (tertiary/aromatic N) is 3. The average Bonchev–Trinajstić information content (AvgIpc) is 2.80. The molecule has 2 N–H and O–H groups in total. The Kier molecular flexibility index (Phi) is 5.86. The van der Waals surface area contributed by atoms with Crippen LogP contribution in [0.2, 0.25) is 0 Å². The van der Waals surface area contributed by atoms with E-state index >= 15 is 0 Å². The van der Waals surface area contributed by atoms with Gasteiger partial charge in [-0.25, -0.2) is 0 Å². The maximum Gasteiger partial charge on any atom is 0.274 e. The van der Waals surface area contributed by atoms with Gasteiger partial charge in [0.15, 0.2) is 0 Å². The molecule has 0 bridgehead atoms. The van der Waals surface area contributed by atoms with Gasteiger partial charge in [0.2, 0.25) is 0 Å². The highest BCUT2D eigenvalue weighted by atomic mass is 16.2. The van der Waals surface area contributed by atoms with Crippen LogP contribution in [0.5, 0.6) is 0 Å². The monoisotopic (exact) mass is 266 g/mol. The third-order valence-corrected chi connectivity index (χ3v) is 3.67. The van der Waals surface area contributed by atoms with Crippen LogP contribution in [0.25, 0.3) is 0 Å². The Morgan fingerprint density at radius 1 is 1.37 bits per heavy atom. The molecular weight excluding hydrogens is 240 g/mol. The second kappa shape index (κ2) is 7.16. The topological polar surface area (TPSA) is 64.2 Å². The van der Waals surface area contributed by atoms with Crippen molar-refractivity contribution >= 4 is 11.6 Å². The summed E-state index contributed by atoms with van der Waals surface area (Å²) in [6.45, 7) is 10.4. The molecule has 0 aliphatic heterocycles. The number of carbonyl (C=O) groups excluding carboxylic acids is 1. The summed E-state index contributed by atoms with van der Waals surface area (Å²) in [5, 5.41) is 4.14. The van der Waals surface area contributed by atoms with Gasteiger partial charge in [0, 0.05) is 19.6 Å². The van der Waals surface area contributed by atoms with Gasteiger partial charge >= 0.3 is 0 Å². The van der Waals surface area contributed by atoms with E-state index in [9.17, 15) is 4.79 Å². The van der Waals surface area contributed by atoms with Gasteiger partial charge in [-0.1, -0.05) is 26.7 Å². The van der Waals surface area contributed by atoms with E-state index < -0.39 is 0 Å². The Morgan fingerprint density at radius 3 is 2.47 bits per heavy atom. The lowest BCUT2D eigenvalue weighted by atomic mass is 10.0. The summed E-state index contributed by atoms with van der Waals surface area (Å²) in [7, 11) is 0. The summed E-state index contributed by atoms with van der Waals surface area (Å²) in [5.41, 5.74) is 6.87. The minimum Gasteiger partial charge on any atom is -0.396 e. The number of hydrogen-bond acceptors (Lipinski definition) is 3. The number of carbonyl (C=O) groups is 1. The molecule has 5 nitrogen and oxygen atoms in total. The largest absolute Gasteiger partial charge is 0.396 e. The van der Waals surface area contributed by atoms with E-state index in [0.29, 0.717) is 30.4 Å². The standard InChI is InChI=1S/C14H26N4O/c1-5-11(6-2)10-17(7-3)14(19)13-12(15)9-16-18(13)8-4/h9,11H,5-8,10,15H2,1-4H3. The fourth-order valence-corrected chi connectivity index (χ4v) is 2.24. The van der Waals surface area contributed by atoms with E-state index in [2.05, 4.69) is 18.9 Å². The van der Waals surface area contributed by atoms with Crippen LogP contribution in [-0.4, -0.2) is 33.7 Å². The number of anilines is 1. The van der Waals surface area contributed by atoms with Crippen molar-refractivity contribution < 1.29 is 4.79 Å². The fourth-order valence-electron chi connectivity index (χ4n) is 2.24. The average molecular weight is 266 g/mol. The van der Waals surface area contributed by atoms with Crippen molar-refractivity contribution in [2.24, 2.45) is 5.92 Å². The lowest BCUT2D eigenvalue weighted by molar-refractivity contribution is 0.0723. The molecule has 108 valence electrons. The highest BCUT2D eigenvalue weighted by Crippen LogP contribution is 2.17. The van der Waals surface area contributed by atoms with Crippen LogP contribution < -0.4 is 5.73 Å². The van der Waals surface area contributed by atoms with E-state index in [1.54, 1.807) is 10.9 Å². The Bertz CT molecular complexity index is 410. The van der Waals surface area contributed by atoms with Crippen LogP contribution in [0.4, 0.5) is 5.69 Å². The Labute approximate surface area is 115 Å². The molecule has 5 heteroatoms. The van der Waals surface area contributed by atoms with Crippen LogP contribution in [0.1, 0.15) is 51.0 Å². The molecule has 1 aromatic rings. The Balaban J connectivity index is 2.92. The first kappa shape index (κ1) is 15.5. The van der Waals surface area contributed by atoms with E-state index in [1.807, 2.05) is 18.7 Å². The summed E-state index contributed by atoms with van der Waals surface area (Å²) >= 11 is 0. The molecule has 0 fully saturated rings. The molecule has 19 heavy (non-hydrogen) atoms. The van der Waals surface area contributed by atoms with Crippen LogP contribution >= 0.6 is 0 Å². The van der Waals surface area contributed by atoms with Crippen molar-refractivity contribution in [1.29, 1.82) is 0 Å². The van der Waals surface area contributed by atoms with Crippen molar-refractivity contribution in [1.82, 2.24) is 14.7 Å². The normalized spacial score (nSPS) is 11.0. The van der Waals surface area contributed by atoms with Crippen molar-refractivity contribution in [2.75, 3.05) is 18.8 Å². The maximum absolute atomic E-state index is 12.6. The molecule has 1 heterocycles. The predicted molar refractivity (Wildman–Crippen MR) is 78.0 cm³/mol. The van der Waals surface area contributed by atoms with Gasteiger partial charge in [-0.3, -0.25) is 9.48 Å². The van der Waals surface area contributed by atoms with E-state index in [0.717, 1.165) is 19.4 Å². The van der Waals surface area contributed by atoms with Crippen molar-refractivity contribution in [3.8, 4) is 0 Å². The lowest BCUT2D eigenvalue weighted by Crippen LogP contribution is -2.36. The first-order valence-corrected chi connectivity index (χ1v) is 7.19. The predicted octanol–water partition coefficient (Wildman–Crippen LogP) is 2.38. The minimum absolute atomic E-state index is 0.00810. The van der Waals surface area contributed by atoms with Crippen molar-refractivity contribution in [2.45, 2.75) is 47.1 Å². The zero-order valence-electron chi connectivity index (χ0n) is 12.5. The quantitative estimate of drug-likeness (QED) is 0.824. The van der Waals surface area contributed by atoms with E-state index in [4.69, 9.17) is 5.73 Å². The number of aryl methyl sites for hydroxylation is 1. The Morgan fingerprint density at radius 2 is 2.00 bits per heavy atom. The molecule has 0 unspecified atom stereocenters. The van der Waals surface area contributed by atoms with E-state index in [1.165, 1.54) is 0 Å². The lowest BCUT2D eigenvalue weighted by Gasteiger charge is -2.25. The second-order valence-electron chi connectivity index (χ2n) is 4.79. The molecule has 0 aromatic carbocycles. The molecule has 1 rings (SSSR count). The number of amides is 1. The maximum atomic E-state index is 12.6. The van der Waals surface area contributed by atoms with Crippen LogP contribution in [0.15, 0.2) is 6.20 Å². The smallest absolute Gasteiger partial charge is 0.274 e. The number of aromatic nitrogens is 2. The van der Waals surface area contributed by atoms with Gasteiger partial charge in [-0.2, -0.15) is 5.10 Å². The number of hydrogen-bond donors (Lipinski definition) is 1. The summed E-state index contributed by atoms with van der Waals surface area (Å²) < 4.78 is 1.67. The molecular formula is C14H26N4O. The van der Waals surface area contributed by atoms with Gasteiger partial charge in [-0.15, -0.1) is 0 Å². The zero-order chi connectivity index (χ0) is 14.4. The molecule has 0 atom stereocenters. The second-order valence-corrected chi connectivity index (χ2v) is 4.79. The fraction of sp³-hybridized carbons (Fsp3) is 0.714. The molecule has 1 amide bonds. The molecule has 0 saturated carbocycles. The summed E-state index contributed by atoms with van der Waals surface area (Å²) in [6, 6.07) is 0. The van der Waals surface area contributed by atoms with Gasteiger partial charge in [0.1, 0.15) is 5.69 Å². The third-order valence-electron chi connectivity index (χ3n) is 3.67. The molecule has 0 radical (unpaired) electrons. The van der Waals surface area contributed by atoms with Crippen LogP contribution in [0, 0.1) is 5.92 Å². The van der Waals surface area contributed by atoms with Crippen molar-refractivity contribution in [3.63, 3.8) is 0 Å². The number of nitrogens with two attached hydrogens (primary N) is 1. The van der Waals surface area contributed by atoms with Crippen LogP contribution in [0.3, 0.4) is 0 Å². The highest BCUT2D eigenvalue weighted by molar-refractivity contribution is 5.97. The molecule has 1 aromatic heterocycles. The molecule has 0 aliphatic rings. The van der Waals surface area contributed by atoms with Crippen LogP contribution in [-0.2, 0) is 6.54 Å². The molecule has 0 aliphatic carbocycles. The number of rotatable bonds is 7. The summed E-state index contributed by atoms with van der Waals surface area (Å²) in [5.74, 6) is 0.536.